The van der Waals surface area contributed by atoms with Crippen LogP contribution in [0.3, 0.4) is 0 Å². The van der Waals surface area contributed by atoms with E-state index in [9.17, 15) is 0 Å². The first-order valence-corrected chi connectivity index (χ1v) is 8.91. The van der Waals surface area contributed by atoms with Gasteiger partial charge in [0.1, 0.15) is 5.75 Å². The first kappa shape index (κ1) is 23.2. The van der Waals surface area contributed by atoms with Gasteiger partial charge in [-0.05, 0) is 55.0 Å². The molecule has 2 aromatic carbocycles. The van der Waals surface area contributed by atoms with Crippen LogP contribution in [0.2, 0.25) is 10.0 Å². The van der Waals surface area contributed by atoms with Crippen molar-refractivity contribution in [3.63, 3.8) is 0 Å². The Morgan fingerprint density at radius 2 is 2.08 bits per heavy atom. The lowest BCUT2D eigenvalue weighted by Crippen LogP contribution is -2.40. The molecule has 1 aliphatic heterocycles. The van der Waals surface area contributed by atoms with Gasteiger partial charge in [0.05, 0.1) is 17.8 Å². The van der Waals surface area contributed by atoms with E-state index in [-0.39, 0.29) is 24.8 Å². The molecule has 1 aliphatic rings. The standard InChI is InChI=1S/C19H21Cl2N2O.2ClH/c1-24-19-9-8-16(20)12-15(19)11-14-5-4-10-23(13-14)22-18-7-3-2-6-17(18)21;;/h2-3,7-9,12,14,22H,4-5,10-11,13H2,1H3;2*1H. The molecule has 1 saturated heterocycles. The highest BCUT2D eigenvalue weighted by Crippen LogP contribution is 2.29. The highest BCUT2D eigenvalue weighted by atomic mass is 35.5. The maximum absolute atomic E-state index is 6.19. The number of ether oxygens (including phenoxy) is 1. The van der Waals surface area contributed by atoms with Crippen molar-refractivity contribution < 1.29 is 4.74 Å². The summed E-state index contributed by atoms with van der Waals surface area (Å²) in [6, 6.07) is 14.6. The minimum Gasteiger partial charge on any atom is -0.496 e. The Morgan fingerprint density at radius 3 is 2.81 bits per heavy atom. The molecule has 3 nitrogen and oxygen atoms in total. The molecule has 1 radical (unpaired) electrons. The fraction of sp³-hybridized carbons (Fsp3) is 0.368. The summed E-state index contributed by atoms with van der Waals surface area (Å²) in [5.41, 5.74) is 5.49. The van der Waals surface area contributed by atoms with Gasteiger partial charge >= 0.3 is 0 Å². The SMILES string of the molecule is COc1ccc(Cl)cc1CC1CCCN(Nc2ccc[c]c2Cl)C1.Cl.Cl. The minimum atomic E-state index is 0. The van der Waals surface area contributed by atoms with Gasteiger partial charge in [0.2, 0.25) is 0 Å². The molecule has 1 fully saturated rings. The quantitative estimate of drug-likeness (QED) is 0.628. The molecule has 0 bridgehead atoms. The lowest BCUT2D eigenvalue weighted by Gasteiger charge is -2.34. The molecule has 1 atom stereocenters. The number of benzene rings is 2. The smallest absolute Gasteiger partial charge is 0.122 e. The number of piperidine rings is 1. The predicted octanol–water partition coefficient (Wildman–Crippen LogP) is 5.93. The largest absolute Gasteiger partial charge is 0.496 e. The van der Waals surface area contributed by atoms with Gasteiger partial charge in [-0.15, -0.1) is 24.8 Å². The van der Waals surface area contributed by atoms with Gasteiger partial charge in [-0.25, -0.2) is 5.01 Å². The lowest BCUT2D eigenvalue weighted by atomic mass is 9.91. The molecule has 2 aromatic rings. The van der Waals surface area contributed by atoms with E-state index in [2.05, 4.69) is 16.5 Å². The number of hydrazine groups is 1. The molecular formula is C19H23Cl4N2O. The van der Waals surface area contributed by atoms with E-state index >= 15 is 0 Å². The third-order valence-electron chi connectivity index (χ3n) is 4.35. The third kappa shape index (κ3) is 6.11. The van der Waals surface area contributed by atoms with Crippen molar-refractivity contribution in [2.45, 2.75) is 19.3 Å². The molecule has 0 spiro atoms. The summed E-state index contributed by atoms with van der Waals surface area (Å²) in [6.07, 6.45) is 3.30. The van der Waals surface area contributed by atoms with E-state index in [1.165, 1.54) is 12.0 Å². The highest BCUT2D eigenvalue weighted by Gasteiger charge is 2.22. The van der Waals surface area contributed by atoms with Gasteiger partial charge in [-0.2, -0.15) is 0 Å². The van der Waals surface area contributed by atoms with Crippen molar-refractivity contribution in [2.75, 3.05) is 25.6 Å². The number of nitrogens with one attached hydrogen (secondary N) is 1. The average molecular weight is 437 g/mol. The summed E-state index contributed by atoms with van der Waals surface area (Å²) < 4.78 is 5.47. The predicted molar refractivity (Wildman–Crippen MR) is 114 cm³/mol. The minimum absolute atomic E-state index is 0. The summed E-state index contributed by atoms with van der Waals surface area (Å²) in [4.78, 5) is 0. The van der Waals surface area contributed by atoms with Gasteiger partial charge in [-0.3, -0.25) is 0 Å². The molecule has 0 aliphatic carbocycles. The van der Waals surface area contributed by atoms with Crippen LogP contribution in [0.1, 0.15) is 18.4 Å². The lowest BCUT2D eigenvalue weighted by molar-refractivity contribution is 0.206. The zero-order valence-corrected chi connectivity index (χ0v) is 17.6. The zero-order valence-electron chi connectivity index (χ0n) is 14.5. The first-order chi connectivity index (χ1) is 11.7. The van der Waals surface area contributed by atoms with E-state index in [0.29, 0.717) is 10.9 Å². The van der Waals surface area contributed by atoms with Crippen molar-refractivity contribution in [3.8, 4) is 5.75 Å². The van der Waals surface area contributed by atoms with Crippen LogP contribution in [0.25, 0.3) is 0 Å². The van der Waals surface area contributed by atoms with Crippen LogP contribution in [-0.4, -0.2) is 25.2 Å². The van der Waals surface area contributed by atoms with Crippen LogP contribution in [0.15, 0.2) is 36.4 Å². The van der Waals surface area contributed by atoms with Crippen LogP contribution in [0.5, 0.6) is 5.75 Å². The van der Waals surface area contributed by atoms with Gasteiger partial charge in [0.15, 0.2) is 0 Å². The topological polar surface area (TPSA) is 24.5 Å². The second kappa shape index (κ2) is 11.1. The average Bonchev–Trinajstić information content (AvgIpc) is 2.58. The highest BCUT2D eigenvalue weighted by molar-refractivity contribution is 6.33. The van der Waals surface area contributed by atoms with E-state index in [1.54, 1.807) is 7.11 Å². The number of hydrogen-bond donors (Lipinski definition) is 1. The number of hydrogen-bond acceptors (Lipinski definition) is 3. The van der Waals surface area contributed by atoms with Crippen LogP contribution in [-0.2, 0) is 6.42 Å². The summed E-state index contributed by atoms with van der Waals surface area (Å²) in [5.74, 6) is 1.45. The van der Waals surface area contributed by atoms with E-state index in [1.807, 2.05) is 36.4 Å². The summed E-state index contributed by atoms with van der Waals surface area (Å²) in [5, 5.41) is 3.61. The van der Waals surface area contributed by atoms with Crippen molar-refractivity contribution in [2.24, 2.45) is 5.92 Å². The van der Waals surface area contributed by atoms with Crippen LogP contribution in [0, 0.1) is 12.0 Å². The Labute approximate surface area is 177 Å². The summed E-state index contributed by atoms with van der Waals surface area (Å²) >= 11 is 12.3. The normalized spacial score (nSPS) is 17.0. The number of halogens is 4. The van der Waals surface area contributed by atoms with Gasteiger partial charge in [0, 0.05) is 24.2 Å². The number of methoxy groups -OCH3 is 1. The first-order valence-electron chi connectivity index (χ1n) is 8.16. The third-order valence-corrected chi connectivity index (χ3v) is 4.90. The fourth-order valence-corrected chi connectivity index (χ4v) is 3.59. The molecule has 1 N–H and O–H groups in total. The van der Waals surface area contributed by atoms with E-state index < -0.39 is 0 Å². The molecule has 7 heteroatoms. The second-order valence-corrected chi connectivity index (χ2v) is 6.94. The van der Waals surface area contributed by atoms with Gasteiger partial charge in [-0.1, -0.05) is 35.3 Å². The molecule has 1 heterocycles. The Morgan fingerprint density at radius 1 is 1.27 bits per heavy atom. The molecule has 143 valence electrons. The Hall–Kier alpha value is -0.840. The second-order valence-electron chi connectivity index (χ2n) is 6.12. The fourth-order valence-electron chi connectivity index (χ4n) is 3.22. The Balaban J connectivity index is 0.00000169. The molecule has 0 aromatic heterocycles. The Bertz CT molecular complexity index is 699. The summed E-state index contributed by atoms with van der Waals surface area (Å²) in [7, 11) is 1.70. The van der Waals surface area contributed by atoms with Crippen LogP contribution in [0.4, 0.5) is 5.69 Å². The molecular weight excluding hydrogens is 414 g/mol. The number of nitrogens with zero attached hydrogens (tertiary/aromatic N) is 1. The monoisotopic (exact) mass is 435 g/mol. The van der Waals surface area contributed by atoms with Crippen molar-refractivity contribution in [3.05, 3.63) is 58.1 Å². The van der Waals surface area contributed by atoms with Crippen LogP contribution >= 0.6 is 48.0 Å². The molecule has 26 heavy (non-hydrogen) atoms. The zero-order chi connectivity index (χ0) is 16.9. The molecule has 0 saturated carbocycles. The molecule has 3 rings (SSSR count). The Kier molecular flexibility index (Phi) is 9.91. The number of anilines is 1. The van der Waals surface area contributed by atoms with E-state index in [4.69, 9.17) is 27.9 Å². The van der Waals surface area contributed by atoms with Crippen molar-refractivity contribution in [1.29, 1.82) is 0 Å². The van der Waals surface area contributed by atoms with Crippen LogP contribution < -0.4 is 10.2 Å². The van der Waals surface area contributed by atoms with E-state index in [0.717, 1.165) is 42.4 Å². The summed E-state index contributed by atoms with van der Waals surface area (Å²) in [6.45, 7) is 1.97. The number of rotatable bonds is 5. The van der Waals surface area contributed by atoms with Gasteiger partial charge in [0.25, 0.3) is 0 Å². The maximum atomic E-state index is 6.19. The van der Waals surface area contributed by atoms with Crippen molar-refractivity contribution in [1.82, 2.24) is 5.01 Å². The van der Waals surface area contributed by atoms with Gasteiger partial charge < -0.3 is 10.2 Å². The molecule has 0 amide bonds. The maximum Gasteiger partial charge on any atom is 0.122 e. The van der Waals surface area contributed by atoms with Crippen molar-refractivity contribution >= 4 is 53.7 Å². The molecule has 1 unspecified atom stereocenters.